The summed E-state index contributed by atoms with van der Waals surface area (Å²) in [4.78, 5) is 0. The van der Waals surface area contributed by atoms with E-state index in [1.165, 1.54) is 0 Å². The zero-order chi connectivity index (χ0) is 12.0. The van der Waals surface area contributed by atoms with E-state index >= 15 is 0 Å². The first kappa shape index (κ1) is 73.8. The molecule has 0 fully saturated rings. The molecule has 1 radical (unpaired) electrons. The Bertz CT molecular complexity index is 97.3. The molecule has 0 amide bonds. The predicted octanol–water partition coefficient (Wildman–Crippen LogP) is -2.42. The van der Waals surface area contributed by atoms with E-state index in [0.29, 0.717) is 0 Å². The Morgan fingerprint density at radius 2 is 0.357 bits per heavy atom. The van der Waals surface area contributed by atoms with E-state index in [2.05, 4.69) is 0 Å². The largest absolute Gasteiger partial charge is 1.00 e. The minimum absolute atomic E-state index is 0. The van der Waals surface area contributed by atoms with Gasteiger partial charge in [0, 0.05) is 17.1 Å². The van der Waals surface area contributed by atoms with Crippen molar-refractivity contribution in [2.24, 2.45) is 0 Å². The molecule has 67 valence electrons. The van der Waals surface area contributed by atoms with Gasteiger partial charge in [0.05, 0.1) is 0 Å². The maximum atomic E-state index is 6.25. The van der Waals surface area contributed by atoms with E-state index in [-0.39, 0.29) is 68.5 Å². The summed E-state index contributed by atoms with van der Waals surface area (Å²) in [5, 5.41) is 37.5. The second-order valence-electron chi connectivity index (χ2n) is 0. The van der Waals surface area contributed by atoms with Crippen LogP contribution in [0.3, 0.4) is 0 Å². The molecule has 6 nitrogen and oxygen atoms in total. The van der Waals surface area contributed by atoms with Crippen molar-refractivity contribution in [3.05, 3.63) is 39.4 Å². The van der Waals surface area contributed by atoms with Crippen molar-refractivity contribution in [2.75, 3.05) is 0 Å². The van der Waals surface area contributed by atoms with Gasteiger partial charge in [0.15, 0.2) is 0 Å². The van der Waals surface area contributed by atoms with Gasteiger partial charge >= 0.3 is 51.4 Å². The van der Waals surface area contributed by atoms with Crippen LogP contribution in [0.5, 0.6) is 0 Å². The fraction of sp³-hybridized carbons (Fsp3) is 0. The van der Waals surface area contributed by atoms with Crippen molar-refractivity contribution in [3.63, 3.8) is 0 Å². The molecule has 0 aromatic carbocycles. The van der Waals surface area contributed by atoms with Crippen LogP contribution in [-0.2, 0) is 17.1 Å². The first-order valence-corrected chi connectivity index (χ1v) is 1.34. The molecule has 0 heterocycles. The predicted molar refractivity (Wildman–Crippen MR) is 29.8 cm³/mol. The molecule has 0 bridgehead atoms. The monoisotopic (exact) mass is 250 g/mol. The Morgan fingerprint density at radius 1 is 0.357 bits per heavy atom. The summed E-state index contributed by atoms with van der Waals surface area (Å²) in [5.41, 5.74) is 0. The summed E-state index contributed by atoms with van der Waals surface area (Å²) in [6.07, 6.45) is 0. The Labute approximate surface area is 137 Å². The molecular formula is C6KMnN6-5. The summed E-state index contributed by atoms with van der Waals surface area (Å²) in [6.45, 7) is 28.5. The minimum Gasteiger partial charge on any atom is -0.512 e. The normalized spacial score (nSPS) is 0.857. The van der Waals surface area contributed by atoms with E-state index < -0.39 is 0 Å². The first-order valence-electron chi connectivity index (χ1n) is 1.34. The van der Waals surface area contributed by atoms with Crippen molar-refractivity contribution in [1.82, 2.24) is 0 Å². The molecule has 0 rings (SSSR count). The van der Waals surface area contributed by atoms with Crippen molar-refractivity contribution >= 4 is 0 Å². The van der Waals surface area contributed by atoms with Gasteiger partial charge in [-0.3, -0.25) is 0 Å². The van der Waals surface area contributed by atoms with Gasteiger partial charge in [0.2, 0.25) is 0 Å². The summed E-state index contributed by atoms with van der Waals surface area (Å²) < 4.78 is 0. The van der Waals surface area contributed by atoms with E-state index in [1.807, 2.05) is 0 Å². The second-order valence-corrected chi connectivity index (χ2v) is 0. The molecule has 0 aliphatic heterocycles. The Kier molecular flexibility index (Phi) is 9600. The van der Waals surface area contributed by atoms with Gasteiger partial charge < -0.3 is 71.0 Å². The van der Waals surface area contributed by atoms with Crippen LogP contribution in [0.1, 0.15) is 0 Å². The molecule has 0 aromatic heterocycles. The fourth-order valence-electron chi connectivity index (χ4n) is 0. The molecule has 0 saturated carbocycles. The van der Waals surface area contributed by atoms with Crippen LogP contribution in [0.4, 0.5) is 0 Å². The summed E-state index contributed by atoms with van der Waals surface area (Å²) in [7, 11) is 0. The van der Waals surface area contributed by atoms with Crippen LogP contribution < -0.4 is 51.4 Å². The van der Waals surface area contributed by atoms with Crippen LogP contribution in [0.15, 0.2) is 0 Å². The molecular weight excluding hydrogens is 250 g/mol. The molecule has 0 saturated heterocycles. The third-order valence-electron chi connectivity index (χ3n) is 0. The molecule has 0 unspecified atom stereocenters. The van der Waals surface area contributed by atoms with Crippen molar-refractivity contribution in [2.45, 2.75) is 0 Å². The smallest absolute Gasteiger partial charge is 0.512 e. The molecule has 0 aromatic rings. The third kappa shape index (κ3) is 1380. The maximum absolute atomic E-state index is 6.25. The van der Waals surface area contributed by atoms with E-state index in [1.54, 1.807) is 0 Å². The van der Waals surface area contributed by atoms with E-state index in [4.69, 9.17) is 71.0 Å². The SMILES string of the molecule is [C-]#N.[C-]#N.[C-]#N.[C-]#N.[C-]#N.[C-]#N.[K+].[Mn]. The molecule has 0 spiro atoms. The second kappa shape index (κ2) is 1820. The third-order valence-corrected chi connectivity index (χ3v) is 0. The molecule has 0 aliphatic carbocycles. The van der Waals surface area contributed by atoms with Crippen LogP contribution in [0.25, 0.3) is 0 Å². The summed E-state index contributed by atoms with van der Waals surface area (Å²) in [6, 6.07) is 0. The molecule has 0 atom stereocenters. The van der Waals surface area contributed by atoms with Gasteiger partial charge in [-0.2, -0.15) is 0 Å². The summed E-state index contributed by atoms with van der Waals surface area (Å²) >= 11 is 0. The summed E-state index contributed by atoms with van der Waals surface area (Å²) in [5.74, 6) is 0. The number of rotatable bonds is 0. The zero-order valence-electron chi connectivity index (χ0n) is 7.06. The molecule has 0 N–H and O–H groups in total. The van der Waals surface area contributed by atoms with Crippen molar-refractivity contribution < 1.29 is 68.5 Å². The average molecular weight is 250 g/mol. The van der Waals surface area contributed by atoms with Gasteiger partial charge in [0.25, 0.3) is 0 Å². The van der Waals surface area contributed by atoms with Gasteiger partial charge in [-0.1, -0.05) is 0 Å². The average Bonchev–Trinajstić information content (AvgIpc) is 2.33. The number of hydrogen-bond donors (Lipinski definition) is 0. The van der Waals surface area contributed by atoms with Gasteiger partial charge in [-0.25, -0.2) is 0 Å². The Morgan fingerprint density at radius 3 is 0.357 bits per heavy atom. The van der Waals surface area contributed by atoms with Crippen molar-refractivity contribution in [3.8, 4) is 0 Å². The van der Waals surface area contributed by atoms with Crippen LogP contribution in [0, 0.1) is 71.0 Å². The van der Waals surface area contributed by atoms with Gasteiger partial charge in [0.1, 0.15) is 0 Å². The van der Waals surface area contributed by atoms with Gasteiger partial charge in [-0.05, 0) is 0 Å². The number of nitrogens with zero attached hydrogens (tertiary/aromatic N) is 6. The quantitative estimate of drug-likeness (QED) is 0.345. The zero-order valence-corrected chi connectivity index (χ0v) is 11.4. The molecule has 14 heavy (non-hydrogen) atoms. The van der Waals surface area contributed by atoms with E-state index in [9.17, 15) is 0 Å². The molecule has 0 aliphatic rings. The van der Waals surface area contributed by atoms with Crippen LogP contribution >= 0.6 is 0 Å². The standard InChI is InChI=1S/6CN.K.Mn/c6*1-2;;/q6*-1;+1;. The van der Waals surface area contributed by atoms with E-state index in [0.717, 1.165) is 0 Å². The maximum Gasteiger partial charge on any atom is 1.00 e. The topological polar surface area (TPSA) is 143 Å². The van der Waals surface area contributed by atoms with Crippen LogP contribution in [-0.4, -0.2) is 0 Å². The Balaban J connectivity index is -0.00000000500. The first-order chi connectivity index (χ1) is 6.00. The Hall–Kier alpha value is -0.904. The van der Waals surface area contributed by atoms with Crippen LogP contribution in [0.2, 0.25) is 0 Å². The fourth-order valence-corrected chi connectivity index (χ4v) is 0. The molecule has 8 heteroatoms. The van der Waals surface area contributed by atoms with Crippen molar-refractivity contribution in [1.29, 1.82) is 31.6 Å². The minimum atomic E-state index is 0. The van der Waals surface area contributed by atoms with Gasteiger partial charge in [-0.15, -0.1) is 0 Å². The number of hydrogen-bond acceptors (Lipinski definition) is 6.